The van der Waals surface area contributed by atoms with E-state index in [-0.39, 0.29) is 42.1 Å². The van der Waals surface area contributed by atoms with E-state index in [1.807, 2.05) is 23.6 Å². The molecule has 1 fully saturated rings. The fourth-order valence-electron chi connectivity index (χ4n) is 3.96. The van der Waals surface area contributed by atoms with Crippen LogP contribution in [0.4, 0.5) is 5.69 Å². The Bertz CT molecular complexity index is 1480. The van der Waals surface area contributed by atoms with Crippen LogP contribution in [0.25, 0.3) is 5.65 Å². The fraction of sp³-hybridized carbons (Fsp3) is 0.375. The van der Waals surface area contributed by atoms with Gasteiger partial charge in [-0.15, -0.1) is 0 Å². The largest absolute Gasteiger partial charge is 0.485 e. The first kappa shape index (κ1) is 28.6. The maximum atomic E-state index is 12.8. The van der Waals surface area contributed by atoms with Gasteiger partial charge in [-0.05, 0) is 47.1 Å². The van der Waals surface area contributed by atoms with Crippen LogP contribution in [-0.2, 0) is 26.0 Å². The Morgan fingerprint density at radius 1 is 1.21 bits per heavy atom. The molecule has 1 aliphatic heterocycles. The molecule has 1 aliphatic rings. The molecule has 0 spiro atoms. The van der Waals surface area contributed by atoms with Crippen molar-refractivity contribution in [2.45, 2.75) is 13.5 Å². The molecule has 1 saturated heterocycles. The molecule has 3 heterocycles. The predicted molar refractivity (Wildman–Crippen MR) is 150 cm³/mol. The highest BCUT2D eigenvalue weighted by Crippen LogP contribution is 2.35. The molecule has 14 heteroatoms. The summed E-state index contributed by atoms with van der Waals surface area (Å²) in [5.41, 5.74) is 2.36. The average Bonchev–Trinajstić information content (AvgIpc) is 3.17. The lowest BCUT2D eigenvalue weighted by molar-refractivity contribution is -0.125. The van der Waals surface area contributed by atoms with E-state index in [9.17, 15) is 18.0 Å². The standard InChI is InChI=1S/C24H26BrCl2N5O5S/c1-15-23(25)32-7-3-4-19(24(32)29-15)37-14-16-17(26)5-6-18(22(16)27)30(2)21(34)12-28-20(33)13-31-8-10-38(35,36)11-9-31/h3-7H,8-14H2,1-2H3,(H,28,33). The Morgan fingerprint density at radius 3 is 2.63 bits per heavy atom. The van der Waals surface area contributed by atoms with Crippen LogP contribution in [0.5, 0.6) is 5.75 Å². The number of sulfone groups is 1. The molecule has 38 heavy (non-hydrogen) atoms. The lowest BCUT2D eigenvalue weighted by Crippen LogP contribution is -2.47. The van der Waals surface area contributed by atoms with E-state index in [1.165, 1.54) is 4.90 Å². The van der Waals surface area contributed by atoms with E-state index >= 15 is 0 Å². The van der Waals surface area contributed by atoms with Crippen LogP contribution in [0.2, 0.25) is 10.0 Å². The molecule has 0 saturated carbocycles. The summed E-state index contributed by atoms with van der Waals surface area (Å²) in [6, 6.07) is 6.88. The first-order chi connectivity index (χ1) is 18.0. The van der Waals surface area contributed by atoms with Gasteiger partial charge in [0.1, 0.15) is 11.2 Å². The lowest BCUT2D eigenvalue weighted by Gasteiger charge is -2.26. The minimum absolute atomic E-state index is 0.0229. The molecule has 3 aromatic rings. The second-order valence-electron chi connectivity index (χ2n) is 8.86. The smallest absolute Gasteiger partial charge is 0.246 e. The van der Waals surface area contributed by atoms with Crippen molar-refractivity contribution in [3.8, 4) is 5.75 Å². The number of hydrogen-bond donors (Lipinski definition) is 1. The molecular weight excluding hydrogens is 621 g/mol. The van der Waals surface area contributed by atoms with Gasteiger partial charge in [0.15, 0.2) is 21.2 Å². The molecule has 0 atom stereocenters. The summed E-state index contributed by atoms with van der Waals surface area (Å²) in [5.74, 6) is -0.164. The lowest BCUT2D eigenvalue weighted by atomic mass is 10.2. The summed E-state index contributed by atoms with van der Waals surface area (Å²) < 4.78 is 31.8. The number of nitrogens with one attached hydrogen (secondary N) is 1. The van der Waals surface area contributed by atoms with Crippen molar-refractivity contribution in [1.29, 1.82) is 0 Å². The Kier molecular flexibility index (Phi) is 8.88. The molecule has 10 nitrogen and oxygen atoms in total. The number of carbonyl (C=O) groups is 2. The molecule has 1 N–H and O–H groups in total. The number of rotatable bonds is 8. The molecule has 204 valence electrons. The van der Waals surface area contributed by atoms with Gasteiger partial charge in [-0.25, -0.2) is 13.4 Å². The van der Waals surface area contributed by atoms with Gasteiger partial charge in [0.2, 0.25) is 11.8 Å². The number of imidazole rings is 1. The third-order valence-corrected chi connectivity index (χ3v) is 9.57. The number of anilines is 1. The summed E-state index contributed by atoms with van der Waals surface area (Å²) in [6.45, 7) is 2.28. The van der Waals surface area contributed by atoms with Crippen LogP contribution in [0.15, 0.2) is 35.1 Å². The maximum Gasteiger partial charge on any atom is 0.246 e. The van der Waals surface area contributed by atoms with Crippen molar-refractivity contribution in [3.05, 3.63) is 56.4 Å². The van der Waals surface area contributed by atoms with Crippen LogP contribution < -0.4 is 15.0 Å². The zero-order chi connectivity index (χ0) is 27.6. The zero-order valence-corrected chi connectivity index (χ0v) is 24.6. The second kappa shape index (κ2) is 11.8. The van der Waals surface area contributed by atoms with E-state index < -0.39 is 15.7 Å². The van der Waals surface area contributed by atoms with Crippen molar-refractivity contribution in [1.82, 2.24) is 19.6 Å². The summed E-state index contributed by atoms with van der Waals surface area (Å²) >= 11 is 16.6. The number of pyridine rings is 1. The van der Waals surface area contributed by atoms with Crippen molar-refractivity contribution in [2.24, 2.45) is 0 Å². The van der Waals surface area contributed by atoms with Gasteiger partial charge in [0, 0.05) is 36.9 Å². The van der Waals surface area contributed by atoms with Gasteiger partial charge in [-0.2, -0.15) is 0 Å². The Balaban J connectivity index is 1.39. The Morgan fingerprint density at radius 2 is 1.92 bits per heavy atom. The van der Waals surface area contributed by atoms with Gasteiger partial charge in [0.25, 0.3) is 0 Å². The van der Waals surface area contributed by atoms with E-state index in [2.05, 4.69) is 26.2 Å². The van der Waals surface area contributed by atoms with Crippen LogP contribution in [0.1, 0.15) is 11.3 Å². The number of ether oxygens (including phenoxy) is 1. The van der Waals surface area contributed by atoms with Crippen LogP contribution in [-0.4, -0.2) is 79.2 Å². The van der Waals surface area contributed by atoms with Crippen molar-refractivity contribution in [2.75, 3.05) is 49.6 Å². The molecular formula is C24H26BrCl2N5O5S. The van der Waals surface area contributed by atoms with E-state index in [0.717, 1.165) is 10.3 Å². The number of aromatic nitrogens is 2. The highest BCUT2D eigenvalue weighted by Gasteiger charge is 2.24. The minimum atomic E-state index is -3.03. The fourth-order valence-corrected chi connectivity index (χ4v) is 6.22. The predicted octanol–water partition coefficient (Wildman–Crippen LogP) is 3.10. The highest BCUT2D eigenvalue weighted by atomic mass is 79.9. The number of likely N-dealkylation sites (N-methyl/N-ethyl adjacent to an activating group) is 1. The molecule has 2 aromatic heterocycles. The monoisotopic (exact) mass is 645 g/mol. The molecule has 4 rings (SSSR count). The summed E-state index contributed by atoms with van der Waals surface area (Å²) in [6.07, 6.45) is 1.86. The minimum Gasteiger partial charge on any atom is -0.485 e. The van der Waals surface area contributed by atoms with Gasteiger partial charge < -0.3 is 15.0 Å². The number of hydrogen-bond acceptors (Lipinski definition) is 7. The number of fused-ring (bicyclic) bond motifs is 1. The summed E-state index contributed by atoms with van der Waals surface area (Å²) in [5, 5.41) is 3.22. The van der Waals surface area contributed by atoms with Gasteiger partial charge >= 0.3 is 0 Å². The SMILES string of the molecule is Cc1nc2c(OCc3c(Cl)ccc(N(C)C(=O)CNC(=O)CN4CCS(=O)(=O)CC4)c3Cl)cccn2c1Br. The summed E-state index contributed by atoms with van der Waals surface area (Å²) in [4.78, 5) is 32.7. The van der Waals surface area contributed by atoms with Crippen LogP contribution in [0, 0.1) is 6.92 Å². The number of carbonyl (C=O) groups excluding carboxylic acids is 2. The second-order valence-corrected chi connectivity index (χ2v) is 12.7. The molecule has 2 amide bonds. The molecule has 0 radical (unpaired) electrons. The third-order valence-electron chi connectivity index (χ3n) is 6.23. The normalized spacial score (nSPS) is 15.4. The number of aryl methyl sites for hydroxylation is 1. The molecule has 0 unspecified atom stereocenters. The third kappa shape index (κ3) is 6.42. The molecule has 1 aromatic carbocycles. The Labute approximate surface area is 238 Å². The summed E-state index contributed by atoms with van der Waals surface area (Å²) in [7, 11) is -1.48. The molecule has 0 bridgehead atoms. The quantitative estimate of drug-likeness (QED) is 0.400. The average molecular weight is 647 g/mol. The number of nitrogens with zero attached hydrogens (tertiary/aromatic N) is 4. The first-order valence-electron chi connectivity index (χ1n) is 11.7. The van der Waals surface area contributed by atoms with Crippen molar-refractivity contribution < 1.29 is 22.7 Å². The Hall–Kier alpha value is -2.38. The number of benzene rings is 1. The zero-order valence-electron chi connectivity index (χ0n) is 20.7. The highest BCUT2D eigenvalue weighted by molar-refractivity contribution is 9.10. The maximum absolute atomic E-state index is 12.8. The van der Waals surface area contributed by atoms with Crippen molar-refractivity contribution in [3.63, 3.8) is 0 Å². The van der Waals surface area contributed by atoms with Gasteiger partial charge in [-0.1, -0.05) is 23.2 Å². The topological polar surface area (TPSA) is 113 Å². The van der Waals surface area contributed by atoms with E-state index in [0.29, 0.717) is 40.8 Å². The first-order valence-corrected chi connectivity index (χ1v) is 15.0. The van der Waals surface area contributed by atoms with Crippen LogP contribution in [0.3, 0.4) is 0 Å². The number of halogens is 3. The van der Waals surface area contributed by atoms with Gasteiger partial charge in [0.05, 0.1) is 41.0 Å². The van der Waals surface area contributed by atoms with Gasteiger partial charge in [-0.3, -0.25) is 18.9 Å². The van der Waals surface area contributed by atoms with Crippen LogP contribution >= 0.6 is 39.1 Å². The van der Waals surface area contributed by atoms with E-state index in [1.54, 1.807) is 30.1 Å². The van der Waals surface area contributed by atoms with E-state index in [4.69, 9.17) is 27.9 Å². The number of amides is 2. The van der Waals surface area contributed by atoms with Crippen molar-refractivity contribution >= 4 is 72.1 Å². The molecule has 0 aliphatic carbocycles.